The zero-order chi connectivity index (χ0) is 12.8. The number of aromatic nitrogens is 2. The van der Waals surface area contributed by atoms with E-state index >= 15 is 0 Å². The lowest BCUT2D eigenvalue weighted by Gasteiger charge is -2.03. The molecule has 0 bridgehead atoms. The number of non-ortho nitro benzene ring substituents is 1. The van der Waals surface area contributed by atoms with Crippen molar-refractivity contribution in [3.05, 3.63) is 58.2 Å². The molecule has 0 aliphatic rings. The summed E-state index contributed by atoms with van der Waals surface area (Å²) in [5.74, 6) is 0. The monoisotopic (exact) mass is 246 g/mol. The van der Waals surface area contributed by atoms with Gasteiger partial charge in [0.05, 0.1) is 11.3 Å². The fourth-order valence-corrected chi connectivity index (χ4v) is 1.62. The van der Waals surface area contributed by atoms with E-state index in [0.29, 0.717) is 0 Å². The average molecular weight is 246 g/mol. The minimum Gasteiger partial charge on any atom is -0.347 e. The summed E-state index contributed by atoms with van der Waals surface area (Å²) in [6.07, 6.45) is 4.26. The maximum Gasteiger partial charge on any atom is 0.269 e. The lowest BCUT2D eigenvalue weighted by atomic mass is 10.1. The molecule has 0 unspecified atom stereocenters. The Balaban J connectivity index is 1.75. The fourth-order valence-electron chi connectivity index (χ4n) is 1.62. The van der Waals surface area contributed by atoms with Crippen LogP contribution >= 0.6 is 0 Å². The molecule has 94 valence electrons. The Labute approximate surface area is 104 Å². The molecular formula is C12H14N4O2. The number of H-pyrrole nitrogens is 1. The van der Waals surface area contributed by atoms with E-state index in [1.165, 1.54) is 12.1 Å². The lowest BCUT2D eigenvalue weighted by Crippen LogP contribution is -2.16. The fraction of sp³-hybridized carbons (Fsp3) is 0.250. The first-order chi connectivity index (χ1) is 8.75. The van der Waals surface area contributed by atoms with Crippen molar-refractivity contribution in [3.8, 4) is 0 Å². The van der Waals surface area contributed by atoms with Crippen molar-refractivity contribution in [1.82, 2.24) is 15.3 Å². The normalized spacial score (nSPS) is 10.4. The first-order valence-corrected chi connectivity index (χ1v) is 5.67. The molecule has 0 spiro atoms. The number of nitrogens with one attached hydrogen (secondary N) is 2. The summed E-state index contributed by atoms with van der Waals surface area (Å²) in [5.41, 5.74) is 2.25. The van der Waals surface area contributed by atoms with Crippen molar-refractivity contribution >= 4 is 5.69 Å². The van der Waals surface area contributed by atoms with Crippen LogP contribution in [0, 0.1) is 10.1 Å². The van der Waals surface area contributed by atoms with Gasteiger partial charge in [0.1, 0.15) is 0 Å². The minimum atomic E-state index is -0.389. The zero-order valence-corrected chi connectivity index (χ0v) is 9.80. The van der Waals surface area contributed by atoms with Crippen LogP contribution in [-0.4, -0.2) is 21.4 Å². The largest absolute Gasteiger partial charge is 0.347 e. The SMILES string of the molecule is O=[N+]([O-])c1ccc(CCNCc2cnc[nH]2)cc1. The number of imidazole rings is 1. The number of aromatic amines is 1. The predicted octanol–water partition coefficient (Wildman–Crippen LogP) is 1.65. The first kappa shape index (κ1) is 12.3. The molecule has 0 saturated heterocycles. The van der Waals surface area contributed by atoms with Crippen LogP contribution in [-0.2, 0) is 13.0 Å². The average Bonchev–Trinajstić information content (AvgIpc) is 2.88. The molecule has 0 radical (unpaired) electrons. The van der Waals surface area contributed by atoms with Crippen LogP contribution in [0.25, 0.3) is 0 Å². The minimum absolute atomic E-state index is 0.129. The zero-order valence-electron chi connectivity index (χ0n) is 9.80. The van der Waals surface area contributed by atoms with E-state index in [4.69, 9.17) is 0 Å². The number of nitro groups is 1. The van der Waals surface area contributed by atoms with Gasteiger partial charge in [0.2, 0.25) is 0 Å². The van der Waals surface area contributed by atoms with Crippen LogP contribution in [0.3, 0.4) is 0 Å². The summed E-state index contributed by atoms with van der Waals surface area (Å²) in [7, 11) is 0. The van der Waals surface area contributed by atoms with Gasteiger partial charge in [-0.05, 0) is 18.5 Å². The molecule has 1 aromatic carbocycles. The highest BCUT2D eigenvalue weighted by Gasteiger charge is 2.03. The number of rotatable bonds is 6. The number of hydrogen-bond acceptors (Lipinski definition) is 4. The van der Waals surface area contributed by atoms with Crippen molar-refractivity contribution in [2.45, 2.75) is 13.0 Å². The molecule has 2 rings (SSSR count). The van der Waals surface area contributed by atoms with Gasteiger partial charge < -0.3 is 10.3 Å². The predicted molar refractivity (Wildman–Crippen MR) is 67.1 cm³/mol. The van der Waals surface area contributed by atoms with Crippen LogP contribution in [0.4, 0.5) is 5.69 Å². The molecule has 0 fully saturated rings. The van der Waals surface area contributed by atoms with E-state index in [0.717, 1.165) is 30.8 Å². The molecule has 0 aliphatic carbocycles. The molecule has 1 aromatic heterocycles. The van der Waals surface area contributed by atoms with Gasteiger partial charge in [-0.15, -0.1) is 0 Å². The molecule has 1 heterocycles. The molecule has 0 aliphatic heterocycles. The highest BCUT2D eigenvalue weighted by Crippen LogP contribution is 2.11. The van der Waals surface area contributed by atoms with Gasteiger partial charge in [0.15, 0.2) is 0 Å². The molecular weight excluding hydrogens is 232 g/mol. The summed E-state index contributed by atoms with van der Waals surface area (Å²) in [5, 5.41) is 13.8. The maximum atomic E-state index is 10.5. The number of nitrogens with zero attached hydrogens (tertiary/aromatic N) is 2. The van der Waals surface area contributed by atoms with Crippen LogP contribution in [0.5, 0.6) is 0 Å². The van der Waals surface area contributed by atoms with Crippen molar-refractivity contribution < 1.29 is 4.92 Å². The number of hydrogen-bond donors (Lipinski definition) is 2. The van der Waals surface area contributed by atoms with Crippen LogP contribution in [0.1, 0.15) is 11.3 Å². The molecule has 2 aromatic rings. The van der Waals surface area contributed by atoms with Gasteiger partial charge in [-0.1, -0.05) is 12.1 Å². The van der Waals surface area contributed by atoms with Crippen LogP contribution in [0.2, 0.25) is 0 Å². The highest BCUT2D eigenvalue weighted by molar-refractivity contribution is 5.32. The summed E-state index contributed by atoms with van der Waals surface area (Å²) in [6.45, 7) is 1.56. The highest BCUT2D eigenvalue weighted by atomic mass is 16.6. The molecule has 6 nitrogen and oxygen atoms in total. The Morgan fingerprint density at radius 3 is 2.72 bits per heavy atom. The second kappa shape index (κ2) is 5.92. The Morgan fingerprint density at radius 1 is 1.33 bits per heavy atom. The topological polar surface area (TPSA) is 83.8 Å². The van der Waals surface area contributed by atoms with E-state index in [1.54, 1.807) is 24.7 Å². The summed E-state index contributed by atoms with van der Waals surface area (Å²) < 4.78 is 0. The maximum absolute atomic E-state index is 10.5. The lowest BCUT2D eigenvalue weighted by molar-refractivity contribution is -0.384. The Hall–Kier alpha value is -2.21. The van der Waals surface area contributed by atoms with Gasteiger partial charge in [0, 0.05) is 30.6 Å². The third-order valence-corrected chi connectivity index (χ3v) is 2.61. The number of nitro benzene ring substituents is 1. The van der Waals surface area contributed by atoms with Crippen molar-refractivity contribution in [2.75, 3.05) is 6.54 Å². The summed E-state index contributed by atoms with van der Waals surface area (Å²) in [6, 6.07) is 6.64. The molecule has 6 heteroatoms. The summed E-state index contributed by atoms with van der Waals surface area (Å²) in [4.78, 5) is 17.0. The van der Waals surface area contributed by atoms with E-state index in [-0.39, 0.29) is 10.6 Å². The van der Waals surface area contributed by atoms with Crippen LogP contribution in [0.15, 0.2) is 36.8 Å². The Bertz CT molecular complexity index is 493. The summed E-state index contributed by atoms with van der Waals surface area (Å²) >= 11 is 0. The van der Waals surface area contributed by atoms with Crippen molar-refractivity contribution in [1.29, 1.82) is 0 Å². The molecule has 0 atom stereocenters. The molecule has 0 saturated carbocycles. The smallest absolute Gasteiger partial charge is 0.269 e. The van der Waals surface area contributed by atoms with E-state index < -0.39 is 0 Å². The van der Waals surface area contributed by atoms with Gasteiger partial charge in [0.25, 0.3) is 5.69 Å². The van der Waals surface area contributed by atoms with E-state index in [9.17, 15) is 10.1 Å². The second-order valence-corrected chi connectivity index (χ2v) is 3.93. The molecule has 2 N–H and O–H groups in total. The van der Waals surface area contributed by atoms with Crippen LogP contribution < -0.4 is 5.32 Å². The first-order valence-electron chi connectivity index (χ1n) is 5.67. The van der Waals surface area contributed by atoms with Crippen molar-refractivity contribution in [3.63, 3.8) is 0 Å². The van der Waals surface area contributed by atoms with Gasteiger partial charge in [-0.3, -0.25) is 10.1 Å². The standard InChI is InChI=1S/C12H14N4O2/c17-16(18)12-3-1-10(2-4-12)5-6-13-7-11-8-14-9-15-11/h1-4,8-9,13H,5-7H2,(H,14,15). The Kier molecular flexibility index (Phi) is 4.03. The van der Waals surface area contributed by atoms with Gasteiger partial charge >= 0.3 is 0 Å². The quantitative estimate of drug-likeness (QED) is 0.461. The van der Waals surface area contributed by atoms with Gasteiger partial charge in [-0.25, -0.2) is 4.98 Å². The third-order valence-electron chi connectivity index (χ3n) is 2.61. The molecule has 18 heavy (non-hydrogen) atoms. The van der Waals surface area contributed by atoms with Crippen molar-refractivity contribution in [2.24, 2.45) is 0 Å². The van der Waals surface area contributed by atoms with Gasteiger partial charge in [-0.2, -0.15) is 0 Å². The number of benzene rings is 1. The Morgan fingerprint density at radius 2 is 2.11 bits per heavy atom. The molecule has 0 amide bonds. The van der Waals surface area contributed by atoms with E-state index in [1.807, 2.05) is 0 Å². The van der Waals surface area contributed by atoms with E-state index in [2.05, 4.69) is 15.3 Å². The third kappa shape index (κ3) is 3.39. The second-order valence-electron chi connectivity index (χ2n) is 3.93.